The zero-order valence-corrected chi connectivity index (χ0v) is 12.2. The van der Waals surface area contributed by atoms with Crippen molar-refractivity contribution in [3.8, 4) is 0 Å². The predicted octanol–water partition coefficient (Wildman–Crippen LogP) is 2.60. The number of benzene rings is 1. The van der Waals surface area contributed by atoms with Gasteiger partial charge < -0.3 is 11.1 Å². The lowest BCUT2D eigenvalue weighted by molar-refractivity contribution is -0.383. The van der Waals surface area contributed by atoms with Crippen LogP contribution in [0.4, 0.5) is 11.4 Å². The largest absolute Gasteiger partial charge is 0.393 e. The zero-order valence-electron chi connectivity index (χ0n) is 11.4. The average Bonchev–Trinajstić information content (AvgIpc) is 2.91. The highest BCUT2D eigenvalue weighted by molar-refractivity contribution is 7.09. The van der Waals surface area contributed by atoms with E-state index in [4.69, 9.17) is 5.73 Å². The molecule has 6 nitrogen and oxygen atoms in total. The van der Waals surface area contributed by atoms with Gasteiger partial charge in [-0.05, 0) is 24.4 Å². The lowest BCUT2D eigenvalue weighted by Crippen LogP contribution is -2.34. The molecule has 0 radical (unpaired) electrons. The van der Waals surface area contributed by atoms with Crippen molar-refractivity contribution < 1.29 is 9.72 Å². The van der Waals surface area contributed by atoms with E-state index < -0.39 is 10.8 Å². The first-order valence-corrected chi connectivity index (χ1v) is 7.23. The summed E-state index contributed by atoms with van der Waals surface area (Å²) in [5.74, 6) is -0.403. The van der Waals surface area contributed by atoms with E-state index in [9.17, 15) is 14.9 Å². The van der Waals surface area contributed by atoms with Crippen molar-refractivity contribution in [2.75, 3.05) is 5.73 Å². The maximum Gasteiger partial charge on any atom is 0.292 e. The number of nitrogens with zero attached hydrogens (tertiary/aromatic N) is 1. The van der Waals surface area contributed by atoms with Crippen molar-refractivity contribution in [3.05, 3.63) is 56.3 Å². The SMILES string of the molecule is CC(Cc1cccs1)NC(=O)c1cccc([N+](=O)[O-])c1N. The number of nitrogens with one attached hydrogen (secondary N) is 1. The third-order valence-electron chi connectivity index (χ3n) is 2.99. The van der Waals surface area contributed by atoms with Gasteiger partial charge in [-0.15, -0.1) is 11.3 Å². The first-order valence-electron chi connectivity index (χ1n) is 6.35. The van der Waals surface area contributed by atoms with E-state index in [1.54, 1.807) is 11.3 Å². The van der Waals surface area contributed by atoms with Gasteiger partial charge in [-0.1, -0.05) is 12.1 Å². The van der Waals surface area contributed by atoms with Crippen molar-refractivity contribution in [2.24, 2.45) is 0 Å². The van der Waals surface area contributed by atoms with Crippen LogP contribution in [-0.4, -0.2) is 16.9 Å². The highest BCUT2D eigenvalue weighted by Gasteiger charge is 2.20. The van der Waals surface area contributed by atoms with Crippen molar-refractivity contribution >= 4 is 28.6 Å². The molecule has 1 heterocycles. The number of rotatable bonds is 5. The van der Waals surface area contributed by atoms with Crippen LogP contribution in [0.5, 0.6) is 0 Å². The molecule has 0 aliphatic carbocycles. The van der Waals surface area contributed by atoms with Gasteiger partial charge in [-0.3, -0.25) is 14.9 Å². The van der Waals surface area contributed by atoms with Gasteiger partial charge in [0.25, 0.3) is 11.6 Å². The normalized spacial score (nSPS) is 11.9. The first kappa shape index (κ1) is 15.0. The molecule has 0 spiro atoms. The van der Waals surface area contributed by atoms with E-state index in [1.165, 1.54) is 18.2 Å². The smallest absolute Gasteiger partial charge is 0.292 e. The molecule has 0 aliphatic rings. The Morgan fingerprint density at radius 1 is 1.43 bits per heavy atom. The number of hydrogen-bond donors (Lipinski definition) is 2. The summed E-state index contributed by atoms with van der Waals surface area (Å²) in [6.45, 7) is 1.88. The second-order valence-electron chi connectivity index (χ2n) is 4.65. The minimum atomic E-state index is -0.596. The molecule has 0 saturated heterocycles. The summed E-state index contributed by atoms with van der Waals surface area (Å²) >= 11 is 1.62. The molecule has 2 aromatic rings. The Kier molecular flexibility index (Phi) is 4.54. The van der Waals surface area contributed by atoms with Gasteiger partial charge in [0.05, 0.1) is 10.5 Å². The van der Waals surface area contributed by atoms with Crippen molar-refractivity contribution in [1.29, 1.82) is 0 Å². The Balaban J connectivity index is 2.10. The summed E-state index contributed by atoms with van der Waals surface area (Å²) in [7, 11) is 0. The molecule has 110 valence electrons. The Bertz CT molecular complexity index is 655. The van der Waals surface area contributed by atoms with Crippen LogP contribution in [0.3, 0.4) is 0 Å². The Morgan fingerprint density at radius 2 is 2.19 bits per heavy atom. The summed E-state index contributed by atoms with van der Waals surface area (Å²) < 4.78 is 0. The highest BCUT2D eigenvalue weighted by atomic mass is 32.1. The Morgan fingerprint density at radius 3 is 2.81 bits per heavy atom. The summed E-state index contributed by atoms with van der Waals surface area (Å²) in [5, 5.41) is 15.6. The standard InChI is InChI=1S/C14H15N3O3S/c1-9(8-10-4-3-7-21-10)16-14(18)11-5-2-6-12(13(11)15)17(19)20/h2-7,9H,8,15H2,1H3,(H,16,18). The molecule has 2 rings (SSSR count). The fourth-order valence-corrected chi connectivity index (χ4v) is 2.83. The lowest BCUT2D eigenvalue weighted by Gasteiger charge is -2.14. The molecule has 21 heavy (non-hydrogen) atoms. The van der Waals surface area contributed by atoms with Crippen molar-refractivity contribution in [3.63, 3.8) is 0 Å². The fourth-order valence-electron chi connectivity index (χ4n) is 1.99. The number of para-hydroxylation sites is 1. The number of nitrogen functional groups attached to an aromatic ring is 1. The number of hydrogen-bond acceptors (Lipinski definition) is 5. The van der Waals surface area contributed by atoms with E-state index in [0.717, 1.165) is 4.88 Å². The van der Waals surface area contributed by atoms with Crippen LogP contribution in [0.15, 0.2) is 35.7 Å². The maximum atomic E-state index is 12.2. The number of thiophene rings is 1. The molecule has 1 amide bonds. The number of carbonyl (C=O) groups is 1. The Hall–Kier alpha value is -2.41. The maximum absolute atomic E-state index is 12.2. The topological polar surface area (TPSA) is 98.3 Å². The minimum Gasteiger partial charge on any atom is -0.393 e. The van der Waals surface area contributed by atoms with E-state index >= 15 is 0 Å². The van der Waals surface area contributed by atoms with E-state index in [1.807, 2.05) is 24.4 Å². The quantitative estimate of drug-likeness (QED) is 0.504. The lowest BCUT2D eigenvalue weighted by atomic mass is 10.1. The monoisotopic (exact) mass is 305 g/mol. The number of nitrogens with two attached hydrogens (primary N) is 1. The molecule has 1 unspecified atom stereocenters. The third-order valence-corrected chi connectivity index (χ3v) is 3.89. The summed E-state index contributed by atoms with van der Waals surface area (Å²) in [6, 6.07) is 8.07. The molecule has 1 aromatic carbocycles. The Labute approximate surface area is 125 Å². The summed E-state index contributed by atoms with van der Waals surface area (Å²) in [4.78, 5) is 23.6. The molecule has 0 aliphatic heterocycles. The second kappa shape index (κ2) is 6.36. The van der Waals surface area contributed by atoms with Crippen LogP contribution in [0, 0.1) is 10.1 Å². The van der Waals surface area contributed by atoms with Gasteiger partial charge >= 0.3 is 0 Å². The predicted molar refractivity (Wildman–Crippen MR) is 82.5 cm³/mol. The molecule has 7 heteroatoms. The zero-order chi connectivity index (χ0) is 15.4. The number of carbonyl (C=O) groups excluding carboxylic acids is 1. The highest BCUT2D eigenvalue weighted by Crippen LogP contribution is 2.24. The van der Waals surface area contributed by atoms with Crippen molar-refractivity contribution in [2.45, 2.75) is 19.4 Å². The van der Waals surface area contributed by atoms with Gasteiger partial charge in [-0.2, -0.15) is 0 Å². The number of anilines is 1. The third kappa shape index (κ3) is 3.57. The van der Waals surface area contributed by atoms with Crippen LogP contribution in [0.25, 0.3) is 0 Å². The van der Waals surface area contributed by atoms with Crippen LogP contribution < -0.4 is 11.1 Å². The molecule has 1 aromatic heterocycles. The molecular weight excluding hydrogens is 290 g/mol. The van der Waals surface area contributed by atoms with Crippen LogP contribution >= 0.6 is 11.3 Å². The minimum absolute atomic E-state index is 0.0881. The van der Waals surface area contributed by atoms with Gasteiger partial charge in [0, 0.05) is 23.4 Å². The number of nitro groups is 1. The second-order valence-corrected chi connectivity index (χ2v) is 5.69. The van der Waals surface area contributed by atoms with Gasteiger partial charge in [0.15, 0.2) is 0 Å². The molecule has 0 saturated carbocycles. The van der Waals surface area contributed by atoms with Crippen LogP contribution in [0.1, 0.15) is 22.2 Å². The average molecular weight is 305 g/mol. The van der Waals surface area contributed by atoms with Gasteiger partial charge in [-0.25, -0.2) is 0 Å². The van der Waals surface area contributed by atoms with Crippen LogP contribution in [0.2, 0.25) is 0 Å². The molecular formula is C14H15N3O3S. The molecule has 3 N–H and O–H groups in total. The fraction of sp³-hybridized carbons (Fsp3) is 0.214. The van der Waals surface area contributed by atoms with Crippen molar-refractivity contribution in [1.82, 2.24) is 5.32 Å². The van der Waals surface area contributed by atoms with E-state index in [2.05, 4.69) is 5.32 Å². The van der Waals surface area contributed by atoms with Gasteiger partial charge in [0.1, 0.15) is 5.69 Å². The van der Waals surface area contributed by atoms with E-state index in [0.29, 0.717) is 6.42 Å². The molecule has 1 atom stereocenters. The summed E-state index contributed by atoms with van der Waals surface area (Å²) in [6.07, 6.45) is 0.707. The van der Waals surface area contributed by atoms with E-state index in [-0.39, 0.29) is 23.0 Å². The first-order chi connectivity index (χ1) is 9.99. The molecule has 0 fully saturated rings. The number of nitro benzene ring substituents is 1. The van der Waals surface area contributed by atoms with Crippen LogP contribution in [-0.2, 0) is 6.42 Å². The number of amides is 1. The summed E-state index contributed by atoms with van der Waals surface area (Å²) in [5.41, 5.74) is 5.46. The van der Waals surface area contributed by atoms with Gasteiger partial charge in [0.2, 0.25) is 0 Å². The molecule has 0 bridgehead atoms.